The fourth-order valence-corrected chi connectivity index (χ4v) is 1.99. The maximum Gasteiger partial charge on any atom is 0.263 e. The molecule has 0 atom stereocenters. The molecule has 0 saturated carbocycles. The van der Waals surface area contributed by atoms with Gasteiger partial charge in [0, 0.05) is 22.8 Å². The van der Waals surface area contributed by atoms with Crippen molar-refractivity contribution in [3.8, 4) is 0 Å². The summed E-state index contributed by atoms with van der Waals surface area (Å²) < 4.78 is 25.2. The molecule has 0 heterocycles. The van der Waals surface area contributed by atoms with Crippen LogP contribution in [0.2, 0.25) is 5.02 Å². The maximum atomic E-state index is 12.6. The normalized spacial score (nSPS) is 10.8. The number of aryl methyl sites for hydroxylation is 1. The van der Waals surface area contributed by atoms with Gasteiger partial charge in [-0.2, -0.15) is 0 Å². The van der Waals surface area contributed by atoms with Gasteiger partial charge in [-0.15, -0.1) is 0 Å². The van der Waals surface area contributed by atoms with E-state index in [1.165, 1.54) is 12.1 Å². The Hall–Kier alpha value is -1.61. The molecule has 19 heavy (non-hydrogen) atoms. The molecule has 2 aromatic carbocycles. The smallest absolute Gasteiger partial charge is 0.263 e. The number of alkyl halides is 2. The first-order chi connectivity index (χ1) is 9.06. The predicted octanol–water partition coefficient (Wildman–Crippen LogP) is 5.20. The van der Waals surface area contributed by atoms with E-state index in [0.29, 0.717) is 11.6 Å². The van der Waals surface area contributed by atoms with Crippen molar-refractivity contribution >= 4 is 17.3 Å². The molecule has 0 bridgehead atoms. The Bertz CT molecular complexity index is 570. The zero-order valence-electron chi connectivity index (χ0n) is 10.5. The molecular formula is C15H14ClF2N. The molecule has 4 heteroatoms. The van der Waals surface area contributed by atoms with Gasteiger partial charge >= 0.3 is 0 Å². The van der Waals surface area contributed by atoms with Crippen molar-refractivity contribution in [3.63, 3.8) is 0 Å². The molecule has 2 rings (SSSR count). The first-order valence-corrected chi connectivity index (χ1v) is 6.31. The molecule has 0 aliphatic rings. The summed E-state index contributed by atoms with van der Waals surface area (Å²) in [6.45, 7) is 2.45. The van der Waals surface area contributed by atoms with E-state index in [-0.39, 0.29) is 5.56 Å². The van der Waals surface area contributed by atoms with Crippen LogP contribution in [0, 0.1) is 6.92 Å². The molecule has 0 amide bonds. The lowest BCUT2D eigenvalue weighted by Gasteiger charge is -2.11. The summed E-state index contributed by atoms with van der Waals surface area (Å²) in [5.41, 5.74) is 2.84. The zero-order chi connectivity index (χ0) is 13.8. The standard InChI is InChI=1S/C15H14ClF2N/c1-10-5-6-13(16)8-14(10)19-9-11-3-2-4-12(7-11)15(17)18/h2-8,15,19H,9H2,1H3. The van der Waals surface area contributed by atoms with E-state index in [2.05, 4.69) is 5.32 Å². The molecule has 0 aliphatic carbocycles. The topological polar surface area (TPSA) is 12.0 Å². The summed E-state index contributed by atoms with van der Waals surface area (Å²) in [7, 11) is 0. The van der Waals surface area contributed by atoms with Gasteiger partial charge in [-0.1, -0.05) is 35.9 Å². The monoisotopic (exact) mass is 281 g/mol. The third-order valence-electron chi connectivity index (χ3n) is 2.89. The highest BCUT2D eigenvalue weighted by molar-refractivity contribution is 6.30. The first kappa shape index (κ1) is 13.8. The van der Waals surface area contributed by atoms with Crippen LogP contribution in [0.15, 0.2) is 42.5 Å². The van der Waals surface area contributed by atoms with E-state index in [0.717, 1.165) is 16.8 Å². The van der Waals surface area contributed by atoms with Crippen molar-refractivity contribution in [2.45, 2.75) is 19.9 Å². The number of rotatable bonds is 4. The number of nitrogens with one attached hydrogen (secondary N) is 1. The molecule has 0 aromatic heterocycles. The van der Waals surface area contributed by atoms with E-state index in [4.69, 9.17) is 11.6 Å². The van der Waals surface area contributed by atoms with Gasteiger partial charge in [0.15, 0.2) is 0 Å². The van der Waals surface area contributed by atoms with Crippen LogP contribution in [-0.2, 0) is 6.54 Å². The summed E-state index contributed by atoms with van der Waals surface area (Å²) >= 11 is 5.93. The molecule has 100 valence electrons. The molecule has 0 unspecified atom stereocenters. The molecule has 0 spiro atoms. The Balaban J connectivity index is 2.10. The van der Waals surface area contributed by atoms with Crippen LogP contribution in [0.5, 0.6) is 0 Å². The lowest BCUT2D eigenvalue weighted by molar-refractivity contribution is 0.151. The third-order valence-corrected chi connectivity index (χ3v) is 3.12. The average molecular weight is 282 g/mol. The van der Waals surface area contributed by atoms with Gasteiger partial charge in [0.25, 0.3) is 6.43 Å². The number of hydrogen-bond acceptors (Lipinski definition) is 1. The minimum absolute atomic E-state index is 0.0436. The SMILES string of the molecule is Cc1ccc(Cl)cc1NCc1cccc(C(F)F)c1. The Morgan fingerprint density at radius 2 is 1.95 bits per heavy atom. The second-order valence-corrected chi connectivity index (χ2v) is 4.79. The lowest BCUT2D eigenvalue weighted by Crippen LogP contribution is -2.01. The fourth-order valence-electron chi connectivity index (χ4n) is 1.82. The Kier molecular flexibility index (Phi) is 4.38. The summed E-state index contributed by atoms with van der Waals surface area (Å²) in [5.74, 6) is 0. The highest BCUT2D eigenvalue weighted by Gasteiger charge is 2.07. The van der Waals surface area contributed by atoms with Gasteiger partial charge in [-0.3, -0.25) is 0 Å². The molecule has 1 nitrogen and oxygen atoms in total. The van der Waals surface area contributed by atoms with Crippen LogP contribution in [0.3, 0.4) is 0 Å². The number of benzene rings is 2. The number of hydrogen-bond donors (Lipinski definition) is 1. The molecule has 0 saturated heterocycles. The highest BCUT2D eigenvalue weighted by atomic mass is 35.5. The van der Waals surface area contributed by atoms with Crippen molar-refractivity contribution in [1.82, 2.24) is 0 Å². The predicted molar refractivity (Wildman–Crippen MR) is 74.9 cm³/mol. The molecule has 0 radical (unpaired) electrons. The summed E-state index contributed by atoms with van der Waals surface area (Å²) in [5, 5.41) is 3.85. The first-order valence-electron chi connectivity index (χ1n) is 5.93. The van der Waals surface area contributed by atoms with Crippen LogP contribution in [0.4, 0.5) is 14.5 Å². The molecular weight excluding hydrogens is 268 g/mol. The average Bonchev–Trinajstić information content (AvgIpc) is 2.40. The van der Waals surface area contributed by atoms with Gasteiger partial charge in [0.2, 0.25) is 0 Å². The fraction of sp³-hybridized carbons (Fsp3) is 0.200. The minimum Gasteiger partial charge on any atom is -0.381 e. The van der Waals surface area contributed by atoms with Crippen molar-refractivity contribution < 1.29 is 8.78 Å². The van der Waals surface area contributed by atoms with Crippen LogP contribution in [0.25, 0.3) is 0 Å². The van der Waals surface area contributed by atoms with E-state index in [9.17, 15) is 8.78 Å². The van der Waals surface area contributed by atoms with Crippen LogP contribution in [-0.4, -0.2) is 0 Å². The third kappa shape index (κ3) is 3.67. The van der Waals surface area contributed by atoms with Gasteiger partial charge in [-0.05, 0) is 36.2 Å². The van der Waals surface area contributed by atoms with Crippen LogP contribution >= 0.6 is 11.6 Å². The Labute approximate surface area is 116 Å². The van der Waals surface area contributed by atoms with Crippen molar-refractivity contribution in [1.29, 1.82) is 0 Å². The Morgan fingerprint density at radius 1 is 1.16 bits per heavy atom. The zero-order valence-corrected chi connectivity index (χ0v) is 11.2. The van der Waals surface area contributed by atoms with Gasteiger partial charge in [-0.25, -0.2) is 8.78 Å². The number of anilines is 1. The lowest BCUT2D eigenvalue weighted by atomic mass is 10.1. The minimum atomic E-state index is -2.44. The van der Waals surface area contributed by atoms with Crippen molar-refractivity contribution in [2.75, 3.05) is 5.32 Å². The molecule has 1 N–H and O–H groups in total. The van der Waals surface area contributed by atoms with Crippen LogP contribution in [0.1, 0.15) is 23.1 Å². The van der Waals surface area contributed by atoms with Crippen molar-refractivity contribution in [3.05, 3.63) is 64.2 Å². The largest absolute Gasteiger partial charge is 0.381 e. The van der Waals surface area contributed by atoms with E-state index in [1.807, 2.05) is 31.2 Å². The van der Waals surface area contributed by atoms with Gasteiger partial charge in [0.1, 0.15) is 0 Å². The van der Waals surface area contributed by atoms with Gasteiger partial charge in [0.05, 0.1) is 0 Å². The Morgan fingerprint density at radius 3 is 2.68 bits per heavy atom. The van der Waals surface area contributed by atoms with E-state index in [1.54, 1.807) is 6.07 Å². The second-order valence-electron chi connectivity index (χ2n) is 4.36. The van der Waals surface area contributed by atoms with Crippen molar-refractivity contribution in [2.24, 2.45) is 0 Å². The van der Waals surface area contributed by atoms with Gasteiger partial charge < -0.3 is 5.32 Å². The maximum absolute atomic E-state index is 12.6. The number of halogens is 3. The highest BCUT2D eigenvalue weighted by Crippen LogP contribution is 2.22. The molecule has 0 aliphatic heterocycles. The van der Waals surface area contributed by atoms with E-state index >= 15 is 0 Å². The summed E-state index contributed by atoms with van der Waals surface area (Å²) in [6, 6.07) is 12.0. The summed E-state index contributed by atoms with van der Waals surface area (Å²) in [6.07, 6.45) is -2.44. The summed E-state index contributed by atoms with van der Waals surface area (Å²) in [4.78, 5) is 0. The quantitative estimate of drug-likeness (QED) is 0.812. The van der Waals surface area contributed by atoms with Crippen LogP contribution < -0.4 is 5.32 Å². The van der Waals surface area contributed by atoms with E-state index < -0.39 is 6.43 Å². The second kappa shape index (κ2) is 6.02. The molecule has 2 aromatic rings. The molecule has 0 fully saturated rings.